The minimum Gasteiger partial charge on any atom is -0.392 e. The number of anilines is 2. The Hall–Kier alpha value is -2.04. The van der Waals surface area contributed by atoms with E-state index in [1.54, 1.807) is 18.2 Å². The second kappa shape index (κ2) is 7.11. The summed E-state index contributed by atoms with van der Waals surface area (Å²) in [5, 5.41) is 15.5. The smallest absolute Gasteiger partial charge is 0.243 e. The molecule has 0 bridgehead atoms. The summed E-state index contributed by atoms with van der Waals surface area (Å²) in [5.41, 5.74) is 3.25. The van der Waals surface area contributed by atoms with Gasteiger partial charge in [-0.15, -0.1) is 0 Å². The van der Waals surface area contributed by atoms with E-state index in [9.17, 15) is 4.79 Å². The number of carbonyl (C=O) groups excluding carboxylic acids is 1. The molecule has 1 amide bonds. The van der Waals surface area contributed by atoms with Crippen LogP contribution in [-0.4, -0.2) is 17.6 Å². The van der Waals surface area contributed by atoms with Gasteiger partial charge < -0.3 is 15.7 Å². The highest BCUT2D eigenvalue weighted by molar-refractivity contribution is 6.31. The third kappa shape index (κ3) is 4.48. The van der Waals surface area contributed by atoms with Gasteiger partial charge in [0.2, 0.25) is 5.91 Å². The van der Waals surface area contributed by atoms with E-state index < -0.39 is 0 Å². The first-order valence-electron chi connectivity index (χ1n) is 6.58. The molecular formula is C16H17ClN2O2. The number of amides is 1. The number of benzene rings is 2. The number of aryl methyl sites for hydroxylation is 1. The minimum atomic E-state index is -0.158. The molecule has 5 heteroatoms. The molecule has 0 aliphatic heterocycles. The van der Waals surface area contributed by atoms with E-state index in [1.165, 1.54) is 0 Å². The lowest BCUT2D eigenvalue weighted by molar-refractivity contribution is -0.114. The summed E-state index contributed by atoms with van der Waals surface area (Å²) < 4.78 is 0. The average Bonchev–Trinajstić information content (AvgIpc) is 2.49. The number of nitrogens with one attached hydrogen (secondary N) is 2. The van der Waals surface area contributed by atoms with Crippen molar-refractivity contribution in [2.45, 2.75) is 13.5 Å². The van der Waals surface area contributed by atoms with Crippen LogP contribution < -0.4 is 10.6 Å². The Kier molecular flexibility index (Phi) is 5.20. The van der Waals surface area contributed by atoms with Crippen LogP contribution >= 0.6 is 11.6 Å². The molecule has 0 unspecified atom stereocenters. The van der Waals surface area contributed by atoms with Gasteiger partial charge in [0.25, 0.3) is 0 Å². The Morgan fingerprint density at radius 2 is 2.05 bits per heavy atom. The molecule has 21 heavy (non-hydrogen) atoms. The second-order valence-corrected chi connectivity index (χ2v) is 5.16. The van der Waals surface area contributed by atoms with E-state index in [-0.39, 0.29) is 19.1 Å². The summed E-state index contributed by atoms with van der Waals surface area (Å²) in [6, 6.07) is 12.7. The van der Waals surface area contributed by atoms with Crippen molar-refractivity contribution in [2.75, 3.05) is 17.2 Å². The highest BCUT2D eigenvalue weighted by Gasteiger charge is 2.05. The Morgan fingerprint density at radius 3 is 2.81 bits per heavy atom. The molecule has 0 fully saturated rings. The average molecular weight is 305 g/mol. The molecule has 0 aromatic heterocycles. The lowest BCUT2D eigenvalue weighted by Gasteiger charge is -2.10. The Balaban J connectivity index is 1.94. The van der Waals surface area contributed by atoms with Gasteiger partial charge in [0.15, 0.2) is 0 Å². The zero-order chi connectivity index (χ0) is 15.2. The van der Waals surface area contributed by atoms with Crippen LogP contribution in [0.25, 0.3) is 0 Å². The van der Waals surface area contributed by atoms with Gasteiger partial charge in [0.05, 0.1) is 13.2 Å². The summed E-state index contributed by atoms with van der Waals surface area (Å²) in [6.45, 7) is 2.02. The maximum absolute atomic E-state index is 11.9. The lowest BCUT2D eigenvalue weighted by Crippen LogP contribution is -2.22. The first-order valence-corrected chi connectivity index (χ1v) is 6.96. The van der Waals surface area contributed by atoms with Crippen LogP contribution in [0.2, 0.25) is 5.02 Å². The summed E-state index contributed by atoms with van der Waals surface area (Å²) >= 11 is 5.92. The number of halogens is 1. The highest BCUT2D eigenvalue weighted by atomic mass is 35.5. The first-order chi connectivity index (χ1) is 10.1. The quantitative estimate of drug-likeness (QED) is 0.795. The van der Waals surface area contributed by atoms with Crippen molar-refractivity contribution in [1.82, 2.24) is 0 Å². The van der Waals surface area contributed by atoms with E-state index in [2.05, 4.69) is 10.6 Å². The molecule has 2 rings (SSSR count). The van der Waals surface area contributed by atoms with Gasteiger partial charge in [-0.1, -0.05) is 29.8 Å². The summed E-state index contributed by atoms with van der Waals surface area (Å²) in [7, 11) is 0. The largest absolute Gasteiger partial charge is 0.392 e. The fourth-order valence-electron chi connectivity index (χ4n) is 1.89. The van der Waals surface area contributed by atoms with Crippen molar-refractivity contribution in [3.63, 3.8) is 0 Å². The van der Waals surface area contributed by atoms with Crippen LogP contribution in [0.1, 0.15) is 11.1 Å². The van der Waals surface area contributed by atoms with Crippen LogP contribution in [0.15, 0.2) is 42.5 Å². The van der Waals surface area contributed by atoms with Gasteiger partial charge in [0.1, 0.15) is 0 Å². The Labute approximate surface area is 128 Å². The van der Waals surface area contributed by atoms with Gasteiger partial charge in [-0.3, -0.25) is 4.79 Å². The molecule has 3 N–H and O–H groups in total. The zero-order valence-electron chi connectivity index (χ0n) is 11.7. The maximum Gasteiger partial charge on any atom is 0.243 e. The predicted octanol–water partition coefficient (Wildman–Crippen LogP) is 3.19. The molecule has 4 nitrogen and oxygen atoms in total. The van der Waals surface area contributed by atoms with Crippen molar-refractivity contribution in [2.24, 2.45) is 0 Å². The Morgan fingerprint density at radius 1 is 1.24 bits per heavy atom. The fraction of sp³-hybridized carbons (Fsp3) is 0.188. The third-order valence-corrected chi connectivity index (χ3v) is 3.27. The van der Waals surface area contributed by atoms with Crippen LogP contribution in [0.5, 0.6) is 0 Å². The van der Waals surface area contributed by atoms with Gasteiger partial charge in [-0.05, 0) is 42.3 Å². The number of hydrogen-bond donors (Lipinski definition) is 3. The SMILES string of the molecule is Cc1ccc(Cl)cc1NC(=O)CNc1cccc(CO)c1. The lowest BCUT2D eigenvalue weighted by atomic mass is 10.2. The van der Waals surface area contributed by atoms with E-state index in [4.69, 9.17) is 16.7 Å². The monoisotopic (exact) mass is 304 g/mol. The number of aliphatic hydroxyl groups excluding tert-OH is 1. The molecule has 0 radical (unpaired) electrons. The molecule has 110 valence electrons. The topological polar surface area (TPSA) is 61.4 Å². The first kappa shape index (κ1) is 15.4. The van der Waals surface area contributed by atoms with Crippen molar-refractivity contribution in [3.8, 4) is 0 Å². The molecule has 0 aliphatic rings. The van der Waals surface area contributed by atoms with Crippen molar-refractivity contribution >= 4 is 28.9 Å². The van der Waals surface area contributed by atoms with Crippen LogP contribution in [0.4, 0.5) is 11.4 Å². The van der Waals surface area contributed by atoms with Crippen LogP contribution in [0.3, 0.4) is 0 Å². The van der Waals surface area contributed by atoms with Crippen molar-refractivity contribution < 1.29 is 9.90 Å². The maximum atomic E-state index is 11.9. The van der Waals surface area contributed by atoms with Crippen LogP contribution in [-0.2, 0) is 11.4 Å². The summed E-state index contributed by atoms with van der Waals surface area (Å²) in [5.74, 6) is -0.158. The van der Waals surface area contributed by atoms with Gasteiger partial charge in [-0.25, -0.2) is 0 Å². The van der Waals surface area contributed by atoms with Gasteiger partial charge in [-0.2, -0.15) is 0 Å². The second-order valence-electron chi connectivity index (χ2n) is 4.72. The fourth-order valence-corrected chi connectivity index (χ4v) is 2.06. The van der Waals surface area contributed by atoms with E-state index >= 15 is 0 Å². The summed E-state index contributed by atoms with van der Waals surface area (Å²) in [6.07, 6.45) is 0. The molecule has 2 aromatic rings. The van der Waals surface area contributed by atoms with E-state index in [1.807, 2.05) is 31.2 Å². The number of carbonyl (C=O) groups is 1. The standard InChI is InChI=1S/C16H17ClN2O2/c1-11-5-6-13(17)8-15(11)19-16(21)9-18-14-4-2-3-12(7-14)10-20/h2-8,18,20H,9-10H2,1H3,(H,19,21). The normalized spacial score (nSPS) is 10.2. The highest BCUT2D eigenvalue weighted by Crippen LogP contribution is 2.20. The van der Waals surface area contributed by atoms with Gasteiger partial charge in [0, 0.05) is 16.4 Å². The molecule has 0 spiro atoms. The third-order valence-electron chi connectivity index (χ3n) is 3.04. The number of rotatable bonds is 5. The Bertz CT molecular complexity index is 644. The minimum absolute atomic E-state index is 0.0244. The van der Waals surface area contributed by atoms with Crippen molar-refractivity contribution in [1.29, 1.82) is 0 Å². The van der Waals surface area contributed by atoms with E-state index in [0.29, 0.717) is 10.7 Å². The van der Waals surface area contributed by atoms with E-state index in [0.717, 1.165) is 16.8 Å². The number of aliphatic hydroxyl groups is 1. The molecule has 0 saturated heterocycles. The molecule has 0 saturated carbocycles. The molecular weight excluding hydrogens is 288 g/mol. The molecule has 2 aromatic carbocycles. The summed E-state index contributed by atoms with van der Waals surface area (Å²) in [4.78, 5) is 11.9. The van der Waals surface area contributed by atoms with Crippen molar-refractivity contribution in [3.05, 3.63) is 58.6 Å². The molecule has 0 atom stereocenters. The predicted molar refractivity (Wildman–Crippen MR) is 85.7 cm³/mol. The zero-order valence-corrected chi connectivity index (χ0v) is 12.4. The number of hydrogen-bond acceptors (Lipinski definition) is 3. The van der Waals surface area contributed by atoms with Crippen LogP contribution in [0, 0.1) is 6.92 Å². The van der Waals surface area contributed by atoms with Gasteiger partial charge >= 0.3 is 0 Å². The molecule has 0 aliphatic carbocycles. The molecule has 0 heterocycles.